The lowest BCUT2D eigenvalue weighted by Gasteiger charge is -2.35. The summed E-state index contributed by atoms with van der Waals surface area (Å²) >= 11 is 1.96. The second-order valence-corrected chi connectivity index (χ2v) is 9.33. The molecule has 1 unspecified atom stereocenters. The molecule has 2 fully saturated rings. The van der Waals surface area contributed by atoms with E-state index in [1.54, 1.807) is 14.2 Å². The summed E-state index contributed by atoms with van der Waals surface area (Å²) in [6, 6.07) is 7.64. The lowest BCUT2D eigenvalue weighted by Crippen LogP contribution is -2.49. The molecule has 168 valence electrons. The molecule has 7 nitrogen and oxygen atoms in total. The first-order valence-electron chi connectivity index (χ1n) is 11.1. The number of thioether (sulfide) groups is 1. The van der Waals surface area contributed by atoms with Crippen LogP contribution in [0.4, 0.5) is 0 Å². The van der Waals surface area contributed by atoms with Crippen molar-refractivity contribution >= 4 is 17.7 Å². The molecule has 1 aromatic carbocycles. The number of aromatic nitrogens is 2. The average Bonchev–Trinajstić information content (AvgIpc) is 3.20. The number of aromatic amines is 1. The Kier molecular flexibility index (Phi) is 7.40. The van der Waals surface area contributed by atoms with Crippen LogP contribution in [0.2, 0.25) is 0 Å². The molecule has 1 atom stereocenters. The number of likely N-dealkylation sites (tertiary alicyclic amines) is 1. The minimum atomic E-state index is 0.0325. The molecule has 2 saturated heterocycles. The van der Waals surface area contributed by atoms with E-state index < -0.39 is 0 Å². The molecule has 2 aliphatic rings. The summed E-state index contributed by atoms with van der Waals surface area (Å²) in [6.45, 7) is 4.05. The van der Waals surface area contributed by atoms with Gasteiger partial charge in [-0.15, -0.1) is 0 Å². The van der Waals surface area contributed by atoms with Gasteiger partial charge < -0.3 is 19.3 Å². The first kappa shape index (κ1) is 22.0. The summed E-state index contributed by atoms with van der Waals surface area (Å²) in [6.07, 6.45) is 4.88. The highest BCUT2D eigenvalue weighted by molar-refractivity contribution is 7.99. The van der Waals surface area contributed by atoms with Crippen molar-refractivity contribution in [2.45, 2.75) is 31.7 Å². The van der Waals surface area contributed by atoms with Gasteiger partial charge in [0.1, 0.15) is 17.2 Å². The van der Waals surface area contributed by atoms with Crippen molar-refractivity contribution in [2.75, 3.05) is 51.9 Å². The van der Waals surface area contributed by atoms with Gasteiger partial charge in [-0.05, 0) is 62.4 Å². The molecule has 0 bridgehead atoms. The van der Waals surface area contributed by atoms with Gasteiger partial charge >= 0.3 is 0 Å². The molecule has 2 aromatic rings. The van der Waals surface area contributed by atoms with Gasteiger partial charge in [0, 0.05) is 24.4 Å². The fraction of sp³-hybridized carbons (Fsp3) is 0.565. The van der Waals surface area contributed by atoms with Crippen molar-refractivity contribution in [3.8, 4) is 22.8 Å². The van der Waals surface area contributed by atoms with Crippen molar-refractivity contribution in [1.29, 1.82) is 0 Å². The van der Waals surface area contributed by atoms with Gasteiger partial charge in [-0.2, -0.15) is 16.9 Å². The number of methoxy groups -OCH3 is 2. The molecule has 0 saturated carbocycles. The lowest BCUT2D eigenvalue weighted by molar-refractivity contribution is 0.0639. The van der Waals surface area contributed by atoms with E-state index in [2.05, 4.69) is 20.0 Å². The minimum Gasteiger partial charge on any atom is -0.497 e. The Morgan fingerprint density at radius 3 is 2.74 bits per heavy atom. The molecule has 0 aliphatic carbocycles. The Labute approximate surface area is 188 Å². The number of carbonyl (C=O) groups is 1. The van der Waals surface area contributed by atoms with E-state index in [0.29, 0.717) is 17.1 Å². The Hall–Kier alpha value is -2.19. The molecule has 1 aromatic heterocycles. The number of piperidine rings is 1. The summed E-state index contributed by atoms with van der Waals surface area (Å²) < 4.78 is 10.8. The standard InChI is InChI=1S/C23H32N4O3S/c1-29-18-7-8-22(30-2)19(13-18)20-14-21(25-24-20)23(28)27-11-6-12-31-16-17(27)15-26-9-4-3-5-10-26/h7-8,13-14,17H,3-6,9-12,15-16H2,1-2H3,(H,24,25). The number of hydrogen-bond acceptors (Lipinski definition) is 6. The fourth-order valence-electron chi connectivity index (χ4n) is 4.43. The molecule has 31 heavy (non-hydrogen) atoms. The van der Waals surface area contributed by atoms with Crippen molar-refractivity contribution < 1.29 is 14.3 Å². The van der Waals surface area contributed by atoms with E-state index in [1.165, 1.54) is 19.3 Å². The number of H-pyrrole nitrogens is 1. The number of amides is 1. The molecule has 4 rings (SSSR count). The molecule has 3 heterocycles. The number of benzene rings is 1. The van der Waals surface area contributed by atoms with E-state index in [-0.39, 0.29) is 11.9 Å². The van der Waals surface area contributed by atoms with E-state index in [4.69, 9.17) is 9.47 Å². The third-order valence-corrected chi connectivity index (χ3v) is 7.31. The van der Waals surface area contributed by atoms with Crippen molar-refractivity contribution in [3.63, 3.8) is 0 Å². The number of hydrogen-bond donors (Lipinski definition) is 1. The number of carbonyl (C=O) groups excluding carboxylic acids is 1. The number of nitrogens with zero attached hydrogens (tertiary/aromatic N) is 3. The van der Waals surface area contributed by atoms with Gasteiger partial charge in [-0.1, -0.05) is 6.42 Å². The van der Waals surface area contributed by atoms with Gasteiger partial charge in [-0.3, -0.25) is 9.89 Å². The maximum absolute atomic E-state index is 13.5. The molecule has 8 heteroatoms. The van der Waals surface area contributed by atoms with Crippen LogP contribution in [0.25, 0.3) is 11.3 Å². The second kappa shape index (κ2) is 10.4. The van der Waals surface area contributed by atoms with Crippen LogP contribution < -0.4 is 9.47 Å². The topological polar surface area (TPSA) is 70.7 Å². The zero-order chi connectivity index (χ0) is 21.6. The summed E-state index contributed by atoms with van der Waals surface area (Å²) in [7, 11) is 3.26. The van der Waals surface area contributed by atoms with Crippen LogP contribution in [0.5, 0.6) is 11.5 Å². The van der Waals surface area contributed by atoms with Crippen LogP contribution in [-0.4, -0.2) is 83.9 Å². The van der Waals surface area contributed by atoms with Crippen molar-refractivity contribution in [3.05, 3.63) is 30.0 Å². The zero-order valence-electron chi connectivity index (χ0n) is 18.4. The fourth-order valence-corrected chi connectivity index (χ4v) is 5.48. The summed E-state index contributed by atoms with van der Waals surface area (Å²) in [5.74, 6) is 3.55. The quantitative estimate of drug-likeness (QED) is 0.735. The van der Waals surface area contributed by atoms with Gasteiger partial charge in [0.25, 0.3) is 5.91 Å². The van der Waals surface area contributed by atoms with Gasteiger partial charge in [0.2, 0.25) is 0 Å². The first-order chi connectivity index (χ1) is 15.2. The van der Waals surface area contributed by atoms with Crippen molar-refractivity contribution in [2.24, 2.45) is 0 Å². The molecular weight excluding hydrogens is 412 g/mol. The highest BCUT2D eigenvalue weighted by Crippen LogP contribution is 2.33. The summed E-state index contributed by atoms with van der Waals surface area (Å²) in [4.78, 5) is 18.1. The van der Waals surface area contributed by atoms with E-state index in [0.717, 1.165) is 55.4 Å². The maximum atomic E-state index is 13.5. The summed E-state index contributed by atoms with van der Waals surface area (Å²) in [5, 5.41) is 7.40. The van der Waals surface area contributed by atoms with E-state index >= 15 is 0 Å². The Balaban J connectivity index is 1.55. The molecule has 1 amide bonds. The highest BCUT2D eigenvalue weighted by atomic mass is 32.2. The van der Waals surface area contributed by atoms with Crippen molar-refractivity contribution in [1.82, 2.24) is 20.0 Å². The number of nitrogens with one attached hydrogen (secondary N) is 1. The second-order valence-electron chi connectivity index (χ2n) is 8.18. The lowest BCUT2D eigenvalue weighted by atomic mass is 10.1. The van der Waals surface area contributed by atoms with Crippen LogP contribution in [0.1, 0.15) is 36.2 Å². The normalized spacial score (nSPS) is 20.3. The zero-order valence-corrected chi connectivity index (χ0v) is 19.2. The largest absolute Gasteiger partial charge is 0.497 e. The van der Waals surface area contributed by atoms with Gasteiger partial charge in [0.05, 0.1) is 26.0 Å². The molecule has 0 radical (unpaired) electrons. The number of ether oxygens (including phenoxy) is 2. The Morgan fingerprint density at radius 2 is 1.97 bits per heavy atom. The number of rotatable bonds is 6. The summed E-state index contributed by atoms with van der Waals surface area (Å²) in [5.41, 5.74) is 2.00. The van der Waals surface area contributed by atoms with Crippen LogP contribution in [-0.2, 0) is 0 Å². The predicted octanol–water partition coefficient (Wildman–Crippen LogP) is 3.53. The highest BCUT2D eigenvalue weighted by Gasteiger charge is 2.30. The van der Waals surface area contributed by atoms with Gasteiger partial charge in [-0.25, -0.2) is 0 Å². The minimum absolute atomic E-state index is 0.0325. The third-order valence-electron chi connectivity index (χ3n) is 6.11. The molecular formula is C23H32N4O3S. The first-order valence-corrected chi connectivity index (χ1v) is 12.2. The Morgan fingerprint density at radius 1 is 1.13 bits per heavy atom. The van der Waals surface area contributed by atoms with Gasteiger partial charge in [0.15, 0.2) is 0 Å². The third kappa shape index (κ3) is 5.18. The molecule has 1 N–H and O–H groups in total. The van der Waals surface area contributed by atoms with Crippen LogP contribution >= 0.6 is 11.8 Å². The molecule has 0 spiro atoms. The molecule has 2 aliphatic heterocycles. The average molecular weight is 445 g/mol. The smallest absolute Gasteiger partial charge is 0.272 e. The maximum Gasteiger partial charge on any atom is 0.272 e. The monoisotopic (exact) mass is 444 g/mol. The van der Waals surface area contributed by atoms with E-state index in [1.807, 2.05) is 36.0 Å². The van der Waals surface area contributed by atoms with Crippen LogP contribution in [0, 0.1) is 0 Å². The Bertz CT molecular complexity index is 881. The van der Waals surface area contributed by atoms with Crippen LogP contribution in [0.3, 0.4) is 0 Å². The van der Waals surface area contributed by atoms with Crippen LogP contribution in [0.15, 0.2) is 24.3 Å². The van der Waals surface area contributed by atoms with E-state index in [9.17, 15) is 4.79 Å². The SMILES string of the molecule is COc1ccc(OC)c(-c2cc(C(=O)N3CCCSCC3CN3CCCCC3)[nH]n2)c1. The predicted molar refractivity (Wildman–Crippen MR) is 124 cm³/mol.